The number of aliphatic carboxylic acids is 1. The maximum Gasteiger partial charge on any atom is 0.303 e. The normalized spacial score (nSPS) is 22.0. The van der Waals surface area contributed by atoms with E-state index in [1.165, 1.54) is 12.8 Å². The molecule has 134 valence electrons. The van der Waals surface area contributed by atoms with Crippen molar-refractivity contribution in [2.45, 2.75) is 64.4 Å². The van der Waals surface area contributed by atoms with Gasteiger partial charge in [-0.25, -0.2) is 0 Å². The van der Waals surface area contributed by atoms with Crippen LogP contribution in [0.5, 0.6) is 0 Å². The lowest BCUT2D eigenvalue weighted by atomic mass is 9.89. The zero-order chi connectivity index (χ0) is 17.8. The van der Waals surface area contributed by atoms with Crippen LogP contribution >= 0.6 is 0 Å². The van der Waals surface area contributed by atoms with Crippen LogP contribution in [-0.4, -0.2) is 28.1 Å². The molecular formula is C20H30O4. The molecule has 0 aromatic heterocycles. The van der Waals surface area contributed by atoms with Crippen LogP contribution < -0.4 is 0 Å². The average Bonchev–Trinajstić information content (AvgIpc) is 2.89. The first-order valence-electron chi connectivity index (χ1n) is 8.99. The first kappa shape index (κ1) is 20.4. The molecule has 1 aliphatic rings. The highest BCUT2D eigenvalue weighted by Crippen LogP contribution is 2.28. The number of unbranched alkanes of at least 4 members (excludes halogenated alkanes) is 3. The lowest BCUT2D eigenvalue weighted by Gasteiger charge is -2.14. The number of rotatable bonds is 12. The van der Waals surface area contributed by atoms with Crippen molar-refractivity contribution in [3.05, 3.63) is 36.5 Å². The number of carbonyl (C=O) groups is 2. The molecule has 3 atom stereocenters. The number of hydrogen-bond acceptors (Lipinski definition) is 3. The predicted octanol–water partition coefficient (Wildman–Crippen LogP) is 4.06. The van der Waals surface area contributed by atoms with E-state index in [2.05, 4.69) is 6.92 Å². The van der Waals surface area contributed by atoms with Gasteiger partial charge in [0.25, 0.3) is 0 Å². The third-order valence-electron chi connectivity index (χ3n) is 4.28. The van der Waals surface area contributed by atoms with Crippen LogP contribution in [0.2, 0.25) is 0 Å². The van der Waals surface area contributed by atoms with Gasteiger partial charge in [0.2, 0.25) is 0 Å². The second-order valence-corrected chi connectivity index (χ2v) is 6.39. The molecule has 0 aliphatic heterocycles. The maximum atomic E-state index is 11.9. The smallest absolute Gasteiger partial charge is 0.303 e. The number of allylic oxidation sites excluding steroid dienone is 4. The Morgan fingerprint density at radius 3 is 2.79 bits per heavy atom. The summed E-state index contributed by atoms with van der Waals surface area (Å²) in [4.78, 5) is 22.3. The zero-order valence-corrected chi connectivity index (χ0v) is 14.6. The fraction of sp³-hybridized carbons (Fsp3) is 0.600. The van der Waals surface area contributed by atoms with E-state index in [0.717, 1.165) is 12.8 Å². The Morgan fingerprint density at radius 2 is 2.08 bits per heavy atom. The van der Waals surface area contributed by atoms with E-state index in [1.807, 2.05) is 24.3 Å². The third kappa shape index (κ3) is 8.25. The Morgan fingerprint density at radius 1 is 1.29 bits per heavy atom. The summed E-state index contributed by atoms with van der Waals surface area (Å²) in [6.45, 7) is 2.17. The number of ketones is 1. The Bertz CT molecular complexity index is 476. The van der Waals surface area contributed by atoms with E-state index in [9.17, 15) is 14.7 Å². The second-order valence-electron chi connectivity index (χ2n) is 6.39. The van der Waals surface area contributed by atoms with Gasteiger partial charge in [-0.05, 0) is 37.7 Å². The topological polar surface area (TPSA) is 74.6 Å². The van der Waals surface area contributed by atoms with Crippen molar-refractivity contribution in [1.82, 2.24) is 0 Å². The van der Waals surface area contributed by atoms with E-state index in [0.29, 0.717) is 19.3 Å². The van der Waals surface area contributed by atoms with Gasteiger partial charge in [-0.3, -0.25) is 9.59 Å². The van der Waals surface area contributed by atoms with Gasteiger partial charge in [-0.1, -0.05) is 56.6 Å². The van der Waals surface area contributed by atoms with Crippen LogP contribution in [0, 0.1) is 11.8 Å². The highest BCUT2D eigenvalue weighted by atomic mass is 16.4. The van der Waals surface area contributed by atoms with E-state index in [4.69, 9.17) is 5.11 Å². The molecule has 24 heavy (non-hydrogen) atoms. The van der Waals surface area contributed by atoms with Crippen molar-refractivity contribution in [3.8, 4) is 0 Å². The molecule has 4 heteroatoms. The molecule has 0 fully saturated rings. The predicted molar refractivity (Wildman–Crippen MR) is 95.7 cm³/mol. The van der Waals surface area contributed by atoms with Gasteiger partial charge in [0.05, 0.1) is 6.10 Å². The first-order chi connectivity index (χ1) is 11.5. The molecule has 1 rings (SSSR count). The zero-order valence-electron chi connectivity index (χ0n) is 14.6. The van der Waals surface area contributed by atoms with E-state index in [-0.39, 0.29) is 24.0 Å². The summed E-state index contributed by atoms with van der Waals surface area (Å²) >= 11 is 0. The van der Waals surface area contributed by atoms with Gasteiger partial charge < -0.3 is 10.2 Å². The molecule has 0 spiro atoms. The molecule has 0 aromatic carbocycles. The summed E-state index contributed by atoms with van der Waals surface area (Å²) in [6.07, 6.45) is 16.9. The first-order valence-corrected chi connectivity index (χ1v) is 8.99. The molecule has 0 saturated carbocycles. The standard InChI is InChI=1S/C20H30O4/c1-2-3-6-9-16-12-15-19(22)18(16)14-13-17(21)10-7-4-5-8-11-20(23)24/h4,7,12-18,21H,2-3,5-6,8-11H2,1H3,(H,23,24)/b7-4-,14-13+/t16-,17-,18-/m1/s1. The molecule has 0 bridgehead atoms. The summed E-state index contributed by atoms with van der Waals surface area (Å²) < 4.78 is 0. The largest absolute Gasteiger partial charge is 0.481 e. The van der Waals surface area contributed by atoms with Crippen molar-refractivity contribution in [3.63, 3.8) is 0 Å². The van der Waals surface area contributed by atoms with E-state index < -0.39 is 12.1 Å². The molecule has 4 nitrogen and oxygen atoms in total. The van der Waals surface area contributed by atoms with Gasteiger partial charge in [0.1, 0.15) is 0 Å². The molecule has 2 N–H and O–H groups in total. The van der Waals surface area contributed by atoms with Gasteiger partial charge in [-0.2, -0.15) is 0 Å². The Balaban J connectivity index is 2.33. The van der Waals surface area contributed by atoms with Crippen LogP contribution in [0.4, 0.5) is 0 Å². The molecular weight excluding hydrogens is 304 g/mol. The van der Waals surface area contributed by atoms with Crippen LogP contribution in [-0.2, 0) is 9.59 Å². The summed E-state index contributed by atoms with van der Waals surface area (Å²) in [6, 6.07) is 0. The monoisotopic (exact) mass is 334 g/mol. The highest BCUT2D eigenvalue weighted by Gasteiger charge is 2.27. The van der Waals surface area contributed by atoms with Crippen LogP contribution in [0.15, 0.2) is 36.5 Å². The van der Waals surface area contributed by atoms with Crippen molar-refractivity contribution in [2.24, 2.45) is 11.8 Å². The summed E-state index contributed by atoms with van der Waals surface area (Å²) in [7, 11) is 0. The molecule has 0 unspecified atom stereocenters. The van der Waals surface area contributed by atoms with Gasteiger partial charge in [0.15, 0.2) is 5.78 Å². The number of carbonyl (C=O) groups excluding carboxylic acids is 1. The number of aliphatic hydroxyl groups excluding tert-OH is 1. The van der Waals surface area contributed by atoms with Crippen LogP contribution in [0.3, 0.4) is 0 Å². The molecule has 0 radical (unpaired) electrons. The van der Waals surface area contributed by atoms with Crippen molar-refractivity contribution < 1.29 is 19.8 Å². The fourth-order valence-electron chi connectivity index (χ4n) is 2.85. The molecule has 0 saturated heterocycles. The van der Waals surface area contributed by atoms with Crippen molar-refractivity contribution in [2.75, 3.05) is 0 Å². The highest BCUT2D eigenvalue weighted by molar-refractivity contribution is 5.95. The van der Waals surface area contributed by atoms with Gasteiger partial charge >= 0.3 is 5.97 Å². The Kier molecular flexibility index (Phi) is 10.0. The lowest BCUT2D eigenvalue weighted by molar-refractivity contribution is -0.137. The number of carboxylic acid groups (broad SMARTS) is 1. The van der Waals surface area contributed by atoms with Crippen molar-refractivity contribution in [1.29, 1.82) is 0 Å². The number of hydrogen-bond donors (Lipinski definition) is 2. The lowest BCUT2D eigenvalue weighted by Crippen LogP contribution is -2.14. The summed E-state index contributed by atoms with van der Waals surface area (Å²) in [5.74, 6) is -0.519. The van der Waals surface area contributed by atoms with E-state index in [1.54, 1.807) is 12.2 Å². The minimum absolute atomic E-state index is 0.129. The maximum absolute atomic E-state index is 11.9. The molecule has 0 aromatic rings. The van der Waals surface area contributed by atoms with Crippen LogP contribution in [0.1, 0.15) is 58.3 Å². The SMILES string of the molecule is CCCCC[C@@H]1C=CC(=O)[C@@H]1/C=C/[C@H](O)C/C=C\CCCC(=O)O. The minimum Gasteiger partial charge on any atom is -0.481 e. The Labute approximate surface area is 145 Å². The minimum atomic E-state index is -0.783. The van der Waals surface area contributed by atoms with Crippen LogP contribution in [0.25, 0.3) is 0 Å². The number of carboxylic acids is 1. The average molecular weight is 334 g/mol. The fourth-order valence-corrected chi connectivity index (χ4v) is 2.85. The van der Waals surface area contributed by atoms with E-state index >= 15 is 0 Å². The summed E-state index contributed by atoms with van der Waals surface area (Å²) in [5.41, 5.74) is 0. The molecule has 0 heterocycles. The third-order valence-corrected chi connectivity index (χ3v) is 4.28. The van der Waals surface area contributed by atoms with Gasteiger partial charge in [-0.15, -0.1) is 0 Å². The molecule has 1 aliphatic carbocycles. The summed E-state index contributed by atoms with van der Waals surface area (Å²) in [5, 5.41) is 18.5. The van der Waals surface area contributed by atoms with Gasteiger partial charge in [0, 0.05) is 12.3 Å². The molecule has 0 amide bonds. The van der Waals surface area contributed by atoms with Crippen molar-refractivity contribution >= 4 is 11.8 Å². The second kappa shape index (κ2) is 11.8. The Hall–Kier alpha value is -1.68. The number of aliphatic hydroxyl groups is 1. The quantitative estimate of drug-likeness (QED) is 0.417.